The minimum atomic E-state index is -0.967. The quantitative estimate of drug-likeness (QED) is 0.245. The van der Waals surface area contributed by atoms with Crippen molar-refractivity contribution in [3.63, 3.8) is 0 Å². The lowest BCUT2D eigenvalue weighted by Gasteiger charge is -2.32. The molecule has 12 heteroatoms. The first-order chi connectivity index (χ1) is 18.4. The molecule has 1 aliphatic rings. The maximum Gasteiger partial charge on any atom is 0.282 e. The van der Waals surface area contributed by atoms with E-state index in [1.807, 2.05) is 48.5 Å². The second-order valence-electron chi connectivity index (χ2n) is 8.50. The van der Waals surface area contributed by atoms with Crippen molar-refractivity contribution < 1.29 is 18.7 Å². The second kappa shape index (κ2) is 11.9. The molecular formula is C26H28FN7O3S. The third kappa shape index (κ3) is 5.55. The molecule has 1 amide bonds. The number of halogens is 1. The zero-order valence-corrected chi connectivity index (χ0v) is 21.6. The Kier molecular flexibility index (Phi) is 8.44. The number of fused-ring (bicyclic) bond motifs is 1. The van der Waals surface area contributed by atoms with Gasteiger partial charge in [-0.25, -0.2) is 19.0 Å². The molecule has 0 spiro atoms. The van der Waals surface area contributed by atoms with Crippen LogP contribution in [0.1, 0.15) is 18.9 Å². The number of nitrogen functional groups attached to an aromatic ring is 1. The van der Waals surface area contributed by atoms with Gasteiger partial charge in [-0.15, -0.1) is 12.8 Å². The molecular weight excluding hydrogens is 509 g/mol. The molecule has 0 saturated carbocycles. The lowest BCUT2D eigenvalue weighted by molar-refractivity contribution is -0.130. The van der Waals surface area contributed by atoms with Crippen LogP contribution in [0.5, 0.6) is 17.2 Å². The van der Waals surface area contributed by atoms with Crippen LogP contribution in [0, 0.1) is 0 Å². The van der Waals surface area contributed by atoms with Gasteiger partial charge in [0.25, 0.3) is 5.91 Å². The van der Waals surface area contributed by atoms with Crippen molar-refractivity contribution in [1.29, 1.82) is 0 Å². The molecule has 0 aliphatic carbocycles. The first-order valence-corrected chi connectivity index (χ1v) is 12.3. The van der Waals surface area contributed by atoms with E-state index in [-0.39, 0.29) is 6.04 Å². The average Bonchev–Trinajstić information content (AvgIpc) is 3.35. The summed E-state index contributed by atoms with van der Waals surface area (Å²) in [6.45, 7) is 3.91. The minimum Gasteiger partial charge on any atom is -0.497 e. The Hall–Kier alpha value is -4.16. The molecule has 2 aromatic carbocycles. The van der Waals surface area contributed by atoms with Gasteiger partial charge in [0, 0.05) is 18.7 Å². The van der Waals surface area contributed by atoms with E-state index in [0.29, 0.717) is 53.6 Å². The molecule has 10 nitrogen and oxygen atoms in total. The van der Waals surface area contributed by atoms with Crippen LogP contribution in [0.2, 0.25) is 0 Å². The molecule has 198 valence electrons. The number of hydrogen-bond acceptors (Lipinski definition) is 9. The Morgan fingerprint density at radius 2 is 1.71 bits per heavy atom. The number of methoxy groups -OCH3 is 1. The summed E-state index contributed by atoms with van der Waals surface area (Å²) in [4.78, 5) is 22.2. The van der Waals surface area contributed by atoms with E-state index in [2.05, 4.69) is 34.5 Å². The Morgan fingerprint density at radius 1 is 1.08 bits per heavy atom. The highest BCUT2D eigenvalue weighted by molar-refractivity contribution is 7.77. The molecule has 1 aliphatic heterocycles. The third-order valence-corrected chi connectivity index (χ3v) is 6.20. The van der Waals surface area contributed by atoms with Crippen molar-refractivity contribution in [3.8, 4) is 28.5 Å². The summed E-state index contributed by atoms with van der Waals surface area (Å²) in [5, 5.41) is 9.66. The lowest BCUT2D eigenvalue weighted by atomic mass is 10.1. The van der Waals surface area contributed by atoms with E-state index < -0.39 is 11.7 Å². The molecule has 1 saturated heterocycles. The van der Waals surface area contributed by atoms with Crippen LogP contribution >= 0.6 is 12.8 Å². The standard InChI is InChI=1S/C26H25FN6O3.H3NS/c1-16(27)26(34)32-13-3-4-18(14-32)33-25-22(24(28)29-15-30-25)23(31-33)17-5-7-20(8-6-17)36-21-11-9-19(35-2)10-12-21;1-2/h5-12,15,18H,1,3-4,13-14H2,2H3,(H2,28,29,30);2H,1H2. The highest BCUT2D eigenvalue weighted by Gasteiger charge is 2.29. The van der Waals surface area contributed by atoms with Gasteiger partial charge in [-0.05, 0) is 61.4 Å². The normalized spacial score (nSPS) is 14.9. The van der Waals surface area contributed by atoms with Gasteiger partial charge in [0.2, 0.25) is 0 Å². The Labute approximate surface area is 224 Å². The molecule has 1 unspecified atom stereocenters. The van der Waals surface area contributed by atoms with E-state index >= 15 is 0 Å². The van der Waals surface area contributed by atoms with Crippen LogP contribution in [0.3, 0.4) is 0 Å². The number of hydrogen-bond donors (Lipinski definition) is 3. The summed E-state index contributed by atoms with van der Waals surface area (Å²) >= 11 is 3.03. The molecule has 4 aromatic rings. The summed E-state index contributed by atoms with van der Waals surface area (Å²) < 4.78 is 26.4. The number of nitrogens with zero attached hydrogens (tertiary/aromatic N) is 5. The Bertz CT molecular complexity index is 1430. The number of thiol groups is 1. The minimum absolute atomic E-state index is 0.190. The van der Waals surface area contributed by atoms with E-state index in [4.69, 9.17) is 20.3 Å². The van der Waals surface area contributed by atoms with Crippen molar-refractivity contribution in [2.24, 2.45) is 5.14 Å². The molecule has 5 rings (SSSR count). The number of anilines is 1. The van der Waals surface area contributed by atoms with Crippen LogP contribution < -0.4 is 20.3 Å². The number of benzene rings is 2. The lowest BCUT2D eigenvalue weighted by Crippen LogP contribution is -2.41. The topological polar surface area (TPSA) is 134 Å². The highest BCUT2D eigenvalue weighted by atomic mass is 32.1. The number of rotatable bonds is 6. The van der Waals surface area contributed by atoms with Gasteiger partial charge in [0.15, 0.2) is 11.5 Å². The molecule has 1 fully saturated rings. The maximum atomic E-state index is 13.5. The van der Waals surface area contributed by atoms with Crippen molar-refractivity contribution in [2.75, 3.05) is 25.9 Å². The summed E-state index contributed by atoms with van der Waals surface area (Å²) in [7, 11) is 1.61. The van der Waals surface area contributed by atoms with Gasteiger partial charge in [0.1, 0.15) is 35.1 Å². The molecule has 1 atom stereocenters. The SMILES string of the molecule is C=C(F)C(=O)N1CCCC(n2nc(-c3ccc(Oc4ccc(OC)cc4)cc3)c3c(N)ncnc32)C1.NS. The Balaban J connectivity index is 0.00000164. The molecule has 38 heavy (non-hydrogen) atoms. The van der Waals surface area contributed by atoms with Gasteiger partial charge < -0.3 is 20.1 Å². The number of aromatic nitrogens is 4. The average molecular weight is 538 g/mol. The van der Waals surface area contributed by atoms with E-state index in [1.54, 1.807) is 11.8 Å². The summed E-state index contributed by atoms with van der Waals surface area (Å²) in [6.07, 6.45) is 2.86. The van der Waals surface area contributed by atoms with Crippen molar-refractivity contribution in [2.45, 2.75) is 18.9 Å². The zero-order chi connectivity index (χ0) is 27.2. The number of amides is 1. The largest absolute Gasteiger partial charge is 0.497 e. The predicted octanol–water partition coefficient (Wildman–Crippen LogP) is 4.31. The van der Waals surface area contributed by atoms with Crippen molar-refractivity contribution in [3.05, 3.63) is 67.3 Å². The van der Waals surface area contributed by atoms with Crippen LogP contribution in [0.15, 0.2) is 67.3 Å². The van der Waals surface area contributed by atoms with Gasteiger partial charge >= 0.3 is 0 Å². The second-order valence-corrected chi connectivity index (χ2v) is 8.50. The number of ether oxygens (including phenoxy) is 2. The van der Waals surface area contributed by atoms with Gasteiger partial charge in [-0.2, -0.15) is 5.10 Å². The fourth-order valence-electron chi connectivity index (χ4n) is 4.42. The predicted molar refractivity (Wildman–Crippen MR) is 147 cm³/mol. The Morgan fingerprint density at radius 3 is 2.34 bits per heavy atom. The van der Waals surface area contributed by atoms with Gasteiger partial charge in [-0.1, -0.05) is 6.58 Å². The van der Waals surface area contributed by atoms with Crippen LogP contribution in [0.4, 0.5) is 10.2 Å². The number of carbonyl (C=O) groups excluding carboxylic acids is 1. The summed E-state index contributed by atoms with van der Waals surface area (Å²) in [5.41, 5.74) is 8.24. The van der Waals surface area contributed by atoms with Crippen LogP contribution in [-0.4, -0.2) is 50.8 Å². The molecule has 3 heterocycles. The number of piperidine rings is 1. The zero-order valence-electron chi connectivity index (χ0n) is 20.7. The van der Waals surface area contributed by atoms with Crippen LogP contribution in [-0.2, 0) is 4.79 Å². The fraction of sp³-hybridized carbons (Fsp3) is 0.231. The molecule has 4 N–H and O–H groups in total. The maximum absolute atomic E-state index is 13.5. The summed E-state index contributed by atoms with van der Waals surface area (Å²) in [6, 6.07) is 14.6. The molecule has 2 aromatic heterocycles. The molecule has 0 radical (unpaired) electrons. The highest BCUT2D eigenvalue weighted by Crippen LogP contribution is 2.35. The van der Waals surface area contributed by atoms with Gasteiger partial charge in [0.05, 0.1) is 18.5 Å². The van der Waals surface area contributed by atoms with Crippen molar-refractivity contribution >= 4 is 35.6 Å². The number of carbonyl (C=O) groups is 1. The van der Waals surface area contributed by atoms with Crippen LogP contribution in [0.25, 0.3) is 22.3 Å². The van der Waals surface area contributed by atoms with E-state index in [9.17, 15) is 9.18 Å². The first-order valence-electron chi connectivity index (χ1n) is 11.7. The summed E-state index contributed by atoms with van der Waals surface area (Å²) in [5.74, 6) is 0.733. The monoisotopic (exact) mass is 537 g/mol. The van der Waals surface area contributed by atoms with E-state index in [1.165, 1.54) is 11.2 Å². The molecule has 0 bridgehead atoms. The first kappa shape index (κ1) is 26.9. The van der Waals surface area contributed by atoms with E-state index in [0.717, 1.165) is 17.7 Å². The van der Waals surface area contributed by atoms with Crippen molar-refractivity contribution in [1.82, 2.24) is 24.6 Å². The smallest absolute Gasteiger partial charge is 0.282 e. The number of nitrogens with two attached hydrogens (primary N) is 2. The third-order valence-electron chi connectivity index (χ3n) is 6.20. The fourth-order valence-corrected chi connectivity index (χ4v) is 4.42. The van der Waals surface area contributed by atoms with Gasteiger partial charge in [-0.3, -0.25) is 9.93 Å². The number of likely N-dealkylation sites (tertiary alicyclic amines) is 1.